The van der Waals surface area contributed by atoms with Gasteiger partial charge in [-0.3, -0.25) is 4.79 Å². The molecule has 0 fully saturated rings. The van der Waals surface area contributed by atoms with Crippen molar-refractivity contribution in [2.45, 2.75) is 32.9 Å². The molecule has 2 N–H and O–H groups in total. The monoisotopic (exact) mass is 317 g/mol. The molecule has 0 heterocycles. The van der Waals surface area contributed by atoms with Crippen molar-refractivity contribution in [1.82, 2.24) is 5.32 Å². The summed E-state index contributed by atoms with van der Waals surface area (Å²) >= 11 is 0. The Bertz CT molecular complexity index is 559. The van der Waals surface area contributed by atoms with Gasteiger partial charge in [-0.05, 0) is 25.0 Å². The van der Waals surface area contributed by atoms with Gasteiger partial charge in [-0.1, -0.05) is 26.0 Å². The molecule has 23 heavy (non-hydrogen) atoms. The van der Waals surface area contributed by atoms with Crippen molar-refractivity contribution in [2.75, 3.05) is 32.6 Å². The highest BCUT2D eigenvalue weighted by molar-refractivity contribution is 5.78. The summed E-state index contributed by atoms with van der Waals surface area (Å²) in [7, 11) is 6.01. The van der Waals surface area contributed by atoms with Crippen LogP contribution in [0.3, 0.4) is 0 Å². The van der Waals surface area contributed by atoms with Gasteiger partial charge < -0.3 is 15.1 Å². The van der Waals surface area contributed by atoms with Gasteiger partial charge in [0, 0.05) is 25.3 Å². The number of carbonyl (C=O) groups is 1. The van der Waals surface area contributed by atoms with E-state index in [9.17, 15) is 10.1 Å². The van der Waals surface area contributed by atoms with Crippen LogP contribution in [0.1, 0.15) is 26.3 Å². The van der Waals surface area contributed by atoms with Crippen molar-refractivity contribution in [2.24, 2.45) is 5.92 Å². The highest BCUT2D eigenvalue weighted by atomic mass is 16.2. The van der Waals surface area contributed by atoms with Crippen molar-refractivity contribution in [3.63, 3.8) is 0 Å². The summed E-state index contributed by atoms with van der Waals surface area (Å²) in [5, 5.41) is 12.1. The number of carbonyl (C=O) groups excluding carboxylic acids is 1. The fraction of sp³-hybridized carbons (Fsp3) is 0.556. The van der Waals surface area contributed by atoms with Crippen LogP contribution in [0, 0.1) is 17.2 Å². The van der Waals surface area contributed by atoms with Gasteiger partial charge in [0.2, 0.25) is 0 Å². The predicted molar refractivity (Wildman–Crippen MR) is 93.2 cm³/mol. The number of hydrogen-bond acceptors (Lipinski definition) is 3. The molecule has 5 nitrogen and oxygen atoms in total. The van der Waals surface area contributed by atoms with Crippen LogP contribution < -0.4 is 15.1 Å². The van der Waals surface area contributed by atoms with Crippen molar-refractivity contribution in [3.05, 3.63) is 29.8 Å². The summed E-state index contributed by atoms with van der Waals surface area (Å²) in [6, 6.07) is 10.5. The minimum Gasteiger partial charge on any atom is -0.378 e. The first kappa shape index (κ1) is 19.0. The van der Waals surface area contributed by atoms with Gasteiger partial charge >= 0.3 is 0 Å². The van der Waals surface area contributed by atoms with Crippen LogP contribution >= 0.6 is 0 Å². The lowest BCUT2D eigenvalue weighted by atomic mass is 9.90. The predicted octanol–water partition coefficient (Wildman–Crippen LogP) is 0.822. The maximum atomic E-state index is 12.2. The number of rotatable bonds is 7. The summed E-state index contributed by atoms with van der Waals surface area (Å²) in [6.07, 6.45) is 0. The van der Waals surface area contributed by atoms with Gasteiger partial charge in [-0.2, -0.15) is 5.26 Å². The van der Waals surface area contributed by atoms with E-state index in [2.05, 4.69) is 40.6 Å². The maximum absolute atomic E-state index is 12.2. The lowest BCUT2D eigenvalue weighted by Crippen LogP contribution is -3.09. The number of nitrogens with zero attached hydrogens (tertiary/aromatic N) is 2. The molecule has 0 aromatic heterocycles. The molecule has 1 aromatic carbocycles. The fourth-order valence-electron chi connectivity index (χ4n) is 2.23. The number of quaternary nitrogens is 1. The van der Waals surface area contributed by atoms with Crippen LogP contribution in [0.15, 0.2) is 24.3 Å². The van der Waals surface area contributed by atoms with Gasteiger partial charge in [-0.15, -0.1) is 0 Å². The molecule has 2 atom stereocenters. The molecule has 0 spiro atoms. The SMILES string of the molecule is CC(C)[C@@](C)(C#N)NC(=O)C[NH+](C)Cc1ccc(N(C)C)cc1. The van der Waals surface area contributed by atoms with E-state index in [1.165, 1.54) is 5.56 Å². The van der Waals surface area contributed by atoms with Crippen molar-refractivity contribution in [1.29, 1.82) is 5.26 Å². The summed E-state index contributed by atoms with van der Waals surface area (Å²) in [5.41, 5.74) is 1.53. The Hall–Kier alpha value is -2.06. The molecule has 0 aliphatic carbocycles. The summed E-state index contributed by atoms with van der Waals surface area (Å²) < 4.78 is 0. The van der Waals surface area contributed by atoms with Gasteiger partial charge in [-0.25, -0.2) is 0 Å². The molecule has 1 rings (SSSR count). The molecule has 0 aliphatic rings. The van der Waals surface area contributed by atoms with Crippen molar-refractivity contribution >= 4 is 11.6 Å². The number of hydrogen-bond donors (Lipinski definition) is 2. The van der Waals surface area contributed by atoms with Crippen LogP contribution in [0.5, 0.6) is 0 Å². The zero-order valence-corrected chi connectivity index (χ0v) is 15.1. The average Bonchev–Trinajstić information content (AvgIpc) is 2.46. The number of benzene rings is 1. The van der Waals surface area contributed by atoms with E-state index in [1.807, 2.05) is 35.0 Å². The quantitative estimate of drug-likeness (QED) is 0.783. The summed E-state index contributed by atoms with van der Waals surface area (Å²) in [6.45, 7) is 6.76. The average molecular weight is 317 g/mol. The molecule has 0 saturated carbocycles. The van der Waals surface area contributed by atoms with Gasteiger partial charge in [0.25, 0.3) is 5.91 Å². The first-order valence-electron chi connectivity index (χ1n) is 7.97. The first-order valence-corrected chi connectivity index (χ1v) is 7.97. The topological polar surface area (TPSA) is 60.6 Å². The third kappa shape index (κ3) is 5.57. The van der Waals surface area contributed by atoms with E-state index in [0.717, 1.165) is 17.1 Å². The normalized spacial score (nSPS) is 14.7. The molecule has 1 amide bonds. The molecule has 126 valence electrons. The minimum absolute atomic E-state index is 0.0651. The second kappa shape index (κ2) is 7.98. The van der Waals surface area contributed by atoms with E-state index in [1.54, 1.807) is 6.92 Å². The number of likely N-dealkylation sites (N-methyl/N-ethyl adjacent to an activating group) is 1. The minimum atomic E-state index is -0.815. The lowest BCUT2D eigenvalue weighted by molar-refractivity contribution is -0.885. The number of anilines is 1. The van der Waals surface area contributed by atoms with Crippen LogP contribution in [-0.2, 0) is 11.3 Å². The Kier molecular flexibility index (Phi) is 6.59. The van der Waals surface area contributed by atoms with Crippen LogP contribution in [0.25, 0.3) is 0 Å². The van der Waals surface area contributed by atoms with Gasteiger partial charge in [0.05, 0.1) is 13.1 Å². The number of amides is 1. The van der Waals surface area contributed by atoms with E-state index < -0.39 is 5.54 Å². The second-order valence-electron chi connectivity index (χ2n) is 6.89. The van der Waals surface area contributed by atoms with Crippen LogP contribution in [-0.4, -0.2) is 39.1 Å². The third-order valence-electron chi connectivity index (χ3n) is 4.21. The molecule has 1 aromatic rings. The number of nitriles is 1. The van der Waals surface area contributed by atoms with E-state index in [-0.39, 0.29) is 11.8 Å². The van der Waals surface area contributed by atoms with Crippen LogP contribution in [0.2, 0.25) is 0 Å². The maximum Gasteiger partial charge on any atom is 0.276 e. The molecule has 0 aliphatic heterocycles. The van der Waals surface area contributed by atoms with Gasteiger partial charge in [0.1, 0.15) is 12.1 Å². The molecule has 1 unspecified atom stereocenters. The Morgan fingerprint density at radius 3 is 2.35 bits per heavy atom. The molecule has 0 radical (unpaired) electrons. The largest absolute Gasteiger partial charge is 0.378 e. The van der Waals surface area contributed by atoms with Crippen molar-refractivity contribution in [3.8, 4) is 6.07 Å². The van der Waals surface area contributed by atoms with E-state index in [4.69, 9.17) is 0 Å². The Balaban J connectivity index is 2.58. The first-order chi connectivity index (χ1) is 10.7. The van der Waals surface area contributed by atoms with Crippen molar-refractivity contribution < 1.29 is 9.69 Å². The van der Waals surface area contributed by atoms with E-state index in [0.29, 0.717) is 6.54 Å². The molecule has 0 saturated heterocycles. The van der Waals surface area contributed by atoms with Crippen LogP contribution in [0.4, 0.5) is 5.69 Å². The lowest BCUT2D eigenvalue weighted by Gasteiger charge is -2.27. The molecule has 5 heteroatoms. The Morgan fingerprint density at radius 1 is 1.35 bits per heavy atom. The fourth-order valence-corrected chi connectivity index (χ4v) is 2.23. The van der Waals surface area contributed by atoms with E-state index >= 15 is 0 Å². The Labute approximate surface area is 139 Å². The zero-order chi connectivity index (χ0) is 17.6. The Morgan fingerprint density at radius 2 is 1.91 bits per heavy atom. The standard InChI is InChI=1S/C18H28N4O/c1-14(2)18(3,13-19)20-17(23)12-22(6)11-15-7-9-16(10-8-15)21(4)5/h7-10,14H,11-12H2,1-6H3,(H,20,23)/p+1/t18-/m1/s1. The zero-order valence-electron chi connectivity index (χ0n) is 15.1. The third-order valence-corrected chi connectivity index (χ3v) is 4.21. The molecule has 0 bridgehead atoms. The molecular weight excluding hydrogens is 288 g/mol. The summed E-state index contributed by atoms with van der Waals surface area (Å²) in [5.74, 6) is -0.0273. The second-order valence-corrected chi connectivity index (χ2v) is 6.89. The highest BCUT2D eigenvalue weighted by Gasteiger charge is 2.30. The van der Waals surface area contributed by atoms with Gasteiger partial charge in [0.15, 0.2) is 6.54 Å². The smallest absolute Gasteiger partial charge is 0.276 e. The highest BCUT2D eigenvalue weighted by Crippen LogP contribution is 2.14. The number of nitrogens with one attached hydrogen (secondary N) is 2. The summed E-state index contributed by atoms with van der Waals surface area (Å²) in [4.78, 5) is 15.3. The molecular formula is C18H29N4O+.